The highest BCUT2D eigenvalue weighted by molar-refractivity contribution is 6.10. The number of nitrogens with one attached hydrogen (secondary N) is 2. The molecule has 5 rings (SSSR count). The predicted molar refractivity (Wildman–Crippen MR) is 137 cm³/mol. The molecule has 0 fully saturated rings. The first-order chi connectivity index (χ1) is 16.3. The van der Waals surface area contributed by atoms with Gasteiger partial charge >= 0.3 is 0 Å². The van der Waals surface area contributed by atoms with Gasteiger partial charge in [0, 0.05) is 28.8 Å². The van der Waals surface area contributed by atoms with Crippen LogP contribution in [0, 0.1) is 0 Å². The van der Waals surface area contributed by atoms with Crippen molar-refractivity contribution < 1.29 is 9.59 Å². The van der Waals surface area contributed by atoms with E-state index in [4.69, 9.17) is 0 Å². The zero-order valence-corrected chi connectivity index (χ0v) is 19.9. The number of Topliss-reactive ketones (excluding diaryl/α,β-unsaturated/α-hetero) is 1. The Bertz CT molecular complexity index is 1280. The summed E-state index contributed by atoms with van der Waals surface area (Å²) in [5.74, 6) is 0.164. The van der Waals surface area contributed by atoms with Crippen LogP contribution in [0.5, 0.6) is 0 Å². The van der Waals surface area contributed by atoms with Crippen molar-refractivity contribution >= 4 is 22.9 Å². The van der Waals surface area contributed by atoms with Gasteiger partial charge in [0.15, 0.2) is 11.6 Å². The molecular formula is C30H30N2O2. The summed E-state index contributed by atoms with van der Waals surface area (Å²) in [6, 6.07) is 23.3. The zero-order valence-electron chi connectivity index (χ0n) is 19.9. The topological polar surface area (TPSA) is 58.2 Å². The number of fused-ring (bicyclic) bond motifs is 1. The van der Waals surface area contributed by atoms with E-state index in [9.17, 15) is 9.59 Å². The van der Waals surface area contributed by atoms with Crippen LogP contribution in [0.4, 0.5) is 11.4 Å². The number of rotatable bonds is 3. The zero-order chi connectivity index (χ0) is 23.9. The largest absolute Gasteiger partial charge is 0.372 e. The third-order valence-electron chi connectivity index (χ3n) is 6.76. The van der Waals surface area contributed by atoms with Gasteiger partial charge in [0.05, 0.1) is 17.4 Å². The maximum atomic E-state index is 13.1. The lowest BCUT2D eigenvalue weighted by Crippen LogP contribution is -2.23. The summed E-state index contributed by atoms with van der Waals surface area (Å²) in [7, 11) is 0. The van der Waals surface area contributed by atoms with Crippen molar-refractivity contribution in [3.63, 3.8) is 0 Å². The van der Waals surface area contributed by atoms with Crippen LogP contribution < -0.4 is 10.6 Å². The summed E-state index contributed by atoms with van der Waals surface area (Å²) in [4.78, 5) is 26.1. The minimum Gasteiger partial charge on any atom is -0.372 e. The van der Waals surface area contributed by atoms with Crippen molar-refractivity contribution in [1.29, 1.82) is 0 Å². The van der Waals surface area contributed by atoms with Gasteiger partial charge in [0.1, 0.15) is 0 Å². The van der Waals surface area contributed by atoms with E-state index in [1.54, 1.807) is 0 Å². The molecule has 0 bridgehead atoms. The standard InChI is InChI=1S/C30H30N2O2/c1-30(2,3)22-15-12-19(13-16-22)28-27-24(10-7-11-26(27)33)31-25-18-21(14-17-23(25)32-28)29(34)20-8-5-4-6-9-20/h4-6,8-9,12-18,28,31-32H,7,10-11H2,1-3H3/t28-/m1/s1. The molecule has 4 nitrogen and oxygen atoms in total. The van der Waals surface area contributed by atoms with E-state index in [-0.39, 0.29) is 23.0 Å². The number of benzene rings is 3. The van der Waals surface area contributed by atoms with Crippen molar-refractivity contribution in [2.75, 3.05) is 10.6 Å². The molecule has 0 radical (unpaired) electrons. The van der Waals surface area contributed by atoms with Crippen LogP contribution in [0.25, 0.3) is 0 Å². The first kappa shape index (κ1) is 22.1. The van der Waals surface area contributed by atoms with E-state index in [0.29, 0.717) is 17.5 Å². The van der Waals surface area contributed by atoms with Gasteiger partial charge < -0.3 is 10.6 Å². The molecule has 4 heteroatoms. The lowest BCUT2D eigenvalue weighted by molar-refractivity contribution is -0.116. The van der Waals surface area contributed by atoms with E-state index >= 15 is 0 Å². The Morgan fingerprint density at radius 2 is 1.59 bits per heavy atom. The summed E-state index contributed by atoms with van der Waals surface area (Å²) in [6.45, 7) is 6.60. The van der Waals surface area contributed by atoms with Crippen LogP contribution in [0.15, 0.2) is 84.1 Å². The van der Waals surface area contributed by atoms with Crippen molar-refractivity contribution in [2.24, 2.45) is 0 Å². The number of hydrogen-bond donors (Lipinski definition) is 2. The summed E-state index contributed by atoms with van der Waals surface area (Å²) >= 11 is 0. The van der Waals surface area contributed by atoms with Crippen LogP contribution >= 0.6 is 0 Å². The van der Waals surface area contributed by atoms with Gasteiger partial charge in [-0.15, -0.1) is 0 Å². The number of anilines is 2. The highest BCUT2D eigenvalue weighted by Crippen LogP contribution is 2.41. The fraction of sp³-hybridized carbons (Fsp3) is 0.267. The first-order valence-electron chi connectivity index (χ1n) is 12.0. The third-order valence-corrected chi connectivity index (χ3v) is 6.76. The lowest BCUT2D eigenvalue weighted by atomic mass is 9.83. The van der Waals surface area contributed by atoms with Crippen LogP contribution in [-0.2, 0) is 10.2 Å². The molecule has 3 aromatic rings. The van der Waals surface area contributed by atoms with Crippen LogP contribution in [-0.4, -0.2) is 11.6 Å². The molecule has 172 valence electrons. The predicted octanol–water partition coefficient (Wildman–Crippen LogP) is 6.80. The maximum Gasteiger partial charge on any atom is 0.193 e. The molecule has 0 amide bonds. The molecule has 0 saturated heterocycles. The Balaban J connectivity index is 1.55. The van der Waals surface area contributed by atoms with Gasteiger partial charge in [0.2, 0.25) is 0 Å². The molecule has 1 atom stereocenters. The monoisotopic (exact) mass is 450 g/mol. The smallest absolute Gasteiger partial charge is 0.193 e. The van der Waals surface area contributed by atoms with Crippen molar-refractivity contribution in [3.05, 3.63) is 106 Å². The molecule has 34 heavy (non-hydrogen) atoms. The Labute approximate surface area is 201 Å². The first-order valence-corrected chi connectivity index (χ1v) is 12.0. The molecule has 1 aliphatic heterocycles. The second-order valence-electron chi connectivity index (χ2n) is 10.2. The maximum absolute atomic E-state index is 13.1. The molecule has 1 aliphatic carbocycles. The minimum absolute atomic E-state index is 0.0160. The highest BCUT2D eigenvalue weighted by Gasteiger charge is 2.32. The second-order valence-corrected chi connectivity index (χ2v) is 10.2. The van der Waals surface area contributed by atoms with Crippen LogP contribution in [0.1, 0.15) is 73.1 Å². The van der Waals surface area contributed by atoms with E-state index in [1.165, 1.54) is 5.56 Å². The van der Waals surface area contributed by atoms with E-state index in [1.807, 2.05) is 48.5 Å². The van der Waals surface area contributed by atoms with Gasteiger partial charge in [-0.25, -0.2) is 0 Å². The van der Waals surface area contributed by atoms with Gasteiger partial charge in [0.25, 0.3) is 0 Å². The average Bonchev–Trinajstić information content (AvgIpc) is 3.00. The number of hydrogen-bond acceptors (Lipinski definition) is 4. The van der Waals surface area contributed by atoms with Crippen LogP contribution in [0.3, 0.4) is 0 Å². The van der Waals surface area contributed by atoms with Gasteiger partial charge in [-0.05, 0) is 47.6 Å². The summed E-state index contributed by atoms with van der Waals surface area (Å²) < 4.78 is 0. The summed E-state index contributed by atoms with van der Waals surface area (Å²) in [5.41, 5.74) is 7.15. The summed E-state index contributed by atoms with van der Waals surface area (Å²) in [5, 5.41) is 7.14. The van der Waals surface area contributed by atoms with E-state index < -0.39 is 0 Å². The molecule has 2 aliphatic rings. The Morgan fingerprint density at radius 1 is 0.853 bits per heavy atom. The number of carbonyl (C=O) groups is 2. The number of allylic oxidation sites excluding steroid dienone is 1. The highest BCUT2D eigenvalue weighted by atomic mass is 16.1. The van der Waals surface area contributed by atoms with E-state index in [2.05, 4.69) is 55.7 Å². The number of carbonyl (C=O) groups excluding carboxylic acids is 2. The van der Waals surface area contributed by atoms with Crippen molar-refractivity contribution in [1.82, 2.24) is 0 Å². The Hall–Kier alpha value is -3.66. The second kappa shape index (κ2) is 8.60. The fourth-order valence-electron chi connectivity index (χ4n) is 4.82. The lowest BCUT2D eigenvalue weighted by Gasteiger charge is -2.26. The Morgan fingerprint density at radius 3 is 2.29 bits per heavy atom. The minimum atomic E-state index is -0.235. The Kier molecular flexibility index (Phi) is 5.60. The SMILES string of the molecule is CC(C)(C)c1ccc([C@H]2Nc3ccc(C(=O)c4ccccc4)cc3NC3=C2C(=O)CCC3)cc1. The molecule has 0 saturated carbocycles. The molecule has 2 N–H and O–H groups in total. The van der Waals surface area contributed by atoms with Gasteiger partial charge in [-0.3, -0.25) is 9.59 Å². The normalized spacial score (nSPS) is 17.7. The van der Waals surface area contributed by atoms with Crippen molar-refractivity contribution in [3.8, 4) is 0 Å². The van der Waals surface area contributed by atoms with Crippen LogP contribution in [0.2, 0.25) is 0 Å². The van der Waals surface area contributed by atoms with E-state index in [0.717, 1.165) is 41.1 Å². The molecule has 0 spiro atoms. The molecule has 0 unspecified atom stereocenters. The third kappa shape index (κ3) is 4.16. The average molecular weight is 451 g/mol. The molecular weight excluding hydrogens is 420 g/mol. The molecule has 1 heterocycles. The van der Waals surface area contributed by atoms with Crippen molar-refractivity contribution in [2.45, 2.75) is 51.5 Å². The quantitative estimate of drug-likeness (QED) is 0.431. The molecule has 3 aromatic carbocycles. The van der Waals surface area contributed by atoms with Gasteiger partial charge in [-0.2, -0.15) is 0 Å². The number of ketones is 2. The van der Waals surface area contributed by atoms with Gasteiger partial charge in [-0.1, -0.05) is 75.4 Å². The molecule has 0 aromatic heterocycles. The fourth-order valence-corrected chi connectivity index (χ4v) is 4.82. The summed E-state index contributed by atoms with van der Waals surface area (Å²) in [6.07, 6.45) is 2.21.